The highest BCUT2D eigenvalue weighted by atomic mass is 35.5. The van der Waals surface area contributed by atoms with Crippen molar-refractivity contribution in [2.24, 2.45) is 0 Å². The van der Waals surface area contributed by atoms with Gasteiger partial charge in [0, 0.05) is 22.5 Å². The van der Waals surface area contributed by atoms with Crippen LogP contribution in [0.15, 0.2) is 48.5 Å². The Morgan fingerprint density at radius 1 is 1.20 bits per heavy atom. The van der Waals surface area contributed by atoms with Crippen molar-refractivity contribution in [1.29, 1.82) is 0 Å². The van der Waals surface area contributed by atoms with Crippen LogP contribution in [0, 0.1) is 0 Å². The van der Waals surface area contributed by atoms with Gasteiger partial charge in [-0.05, 0) is 36.4 Å². The number of ether oxygens (including phenoxy) is 1. The Hall–Kier alpha value is -2.20. The van der Waals surface area contributed by atoms with Crippen LogP contribution in [0.2, 0.25) is 5.02 Å². The van der Waals surface area contributed by atoms with E-state index in [-0.39, 0.29) is 12.3 Å². The van der Waals surface area contributed by atoms with Crippen molar-refractivity contribution in [3.63, 3.8) is 0 Å². The molecule has 0 aliphatic rings. The number of nitrogens with two attached hydrogens (primary N) is 1. The zero-order valence-corrected chi connectivity index (χ0v) is 11.6. The molecule has 2 aromatic carbocycles. The average molecular weight is 291 g/mol. The van der Waals surface area contributed by atoms with Gasteiger partial charge >= 0.3 is 0 Å². The zero-order chi connectivity index (χ0) is 14.4. The maximum Gasteiger partial charge on any atom is 0.227 e. The molecule has 0 bridgehead atoms. The molecule has 0 aliphatic carbocycles. The Morgan fingerprint density at radius 3 is 2.65 bits per heavy atom. The van der Waals surface area contributed by atoms with Gasteiger partial charge in [-0.2, -0.15) is 0 Å². The number of halogens is 1. The second-order valence-electron chi connectivity index (χ2n) is 4.23. The molecule has 20 heavy (non-hydrogen) atoms. The van der Waals surface area contributed by atoms with Crippen LogP contribution in [-0.2, 0) is 4.79 Å². The van der Waals surface area contributed by atoms with E-state index in [1.807, 2.05) is 0 Å². The second kappa shape index (κ2) is 6.82. The lowest BCUT2D eigenvalue weighted by Gasteiger charge is -2.07. The van der Waals surface area contributed by atoms with E-state index in [1.54, 1.807) is 48.5 Å². The molecule has 0 aromatic heterocycles. The summed E-state index contributed by atoms with van der Waals surface area (Å²) >= 11 is 5.77. The minimum atomic E-state index is -0.115. The molecular weight excluding hydrogens is 276 g/mol. The summed E-state index contributed by atoms with van der Waals surface area (Å²) in [6.45, 7) is 0.295. The first-order valence-corrected chi connectivity index (χ1v) is 6.55. The van der Waals surface area contributed by atoms with Gasteiger partial charge in [-0.15, -0.1) is 0 Å². The molecular formula is C15H15ClN2O2. The summed E-state index contributed by atoms with van der Waals surface area (Å²) < 4.78 is 5.45. The van der Waals surface area contributed by atoms with Crippen molar-refractivity contribution < 1.29 is 9.53 Å². The molecule has 0 saturated heterocycles. The van der Waals surface area contributed by atoms with Crippen LogP contribution in [0.4, 0.5) is 11.4 Å². The Kier molecular flexibility index (Phi) is 4.85. The zero-order valence-electron chi connectivity index (χ0n) is 10.8. The van der Waals surface area contributed by atoms with Crippen LogP contribution < -0.4 is 15.8 Å². The SMILES string of the molecule is Nc1cccc(OCCC(=O)Nc2ccc(Cl)cc2)c1. The van der Waals surface area contributed by atoms with Gasteiger partial charge in [0.2, 0.25) is 5.91 Å². The average Bonchev–Trinajstić information content (AvgIpc) is 2.41. The molecule has 5 heteroatoms. The molecule has 4 nitrogen and oxygen atoms in total. The van der Waals surface area contributed by atoms with E-state index in [0.29, 0.717) is 28.8 Å². The Balaban J connectivity index is 1.76. The molecule has 0 aliphatic heterocycles. The highest BCUT2D eigenvalue weighted by molar-refractivity contribution is 6.30. The molecule has 1 amide bonds. The van der Waals surface area contributed by atoms with Crippen molar-refractivity contribution in [3.8, 4) is 5.75 Å². The van der Waals surface area contributed by atoms with Crippen molar-refractivity contribution in [1.82, 2.24) is 0 Å². The molecule has 0 fully saturated rings. The molecule has 0 heterocycles. The van der Waals surface area contributed by atoms with E-state index in [2.05, 4.69) is 5.32 Å². The quantitative estimate of drug-likeness (QED) is 0.830. The first-order chi connectivity index (χ1) is 9.63. The molecule has 0 unspecified atom stereocenters. The lowest BCUT2D eigenvalue weighted by Crippen LogP contribution is -2.15. The third-order valence-corrected chi connectivity index (χ3v) is 2.84. The largest absolute Gasteiger partial charge is 0.493 e. The first-order valence-electron chi connectivity index (χ1n) is 6.17. The number of nitrogen functional groups attached to an aromatic ring is 1. The third-order valence-electron chi connectivity index (χ3n) is 2.58. The Bertz CT molecular complexity index is 585. The van der Waals surface area contributed by atoms with Crippen molar-refractivity contribution in [2.75, 3.05) is 17.7 Å². The molecule has 0 radical (unpaired) electrons. The third kappa shape index (κ3) is 4.48. The smallest absolute Gasteiger partial charge is 0.227 e. The molecule has 2 rings (SSSR count). The van der Waals surface area contributed by atoms with Gasteiger partial charge in [-0.3, -0.25) is 4.79 Å². The Morgan fingerprint density at radius 2 is 1.95 bits per heavy atom. The summed E-state index contributed by atoms with van der Waals surface area (Å²) in [4.78, 5) is 11.7. The minimum absolute atomic E-state index is 0.115. The van der Waals surface area contributed by atoms with E-state index in [9.17, 15) is 4.79 Å². The first kappa shape index (κ1) is 14.2. The van der Waals surface area contributed by atoms with Crippen molar-refractivity contribution in [3.05, 3.63) is 53.6 Å². The molecule has 0 saturated carbocycles. The fraction of sp³-hybridized carbons (Fsp3) is 0.133. The topological polar surface area (TPSA) is 64.3 Å². The van der Waals surface area contributed by atoms with E-state index < -0.39 is 0 Å². The van der Waals surface area contributed by atoms with Crippen LogP contribution in [0.1, 0.15) is 6.42 Å². The number of benzene rings is 2. The molecule has 0 spiro atoms. The number of carbonyl (C=O) groups is 1. The summed E-state index contributed by atoms with van der Waals surface area (Å²) in [5, 5.41) is 3.40. The number of rotatable bonds is 5. The standard InChI is InChI=1S/C15H15ClN2O2/c16-11-4-6-13(7-5-11)18-15(19)8-9-20-14-3-1-2-12(17)10-14/h1-7,10H,8-9,17H2,(H,18,19). The Labute approximate surface area is 122 Å². The van der Waals surface area contributed by atoms with Gasteiger partial charge in [-0.1, -0.05) is 17.7 Å². The lowest BCUT2D eigenvalue weighted by molar-refractivity contribution is -0.116. The van der Waals surface area contributed by atoms with Gasteiger partial charge in [-0.25, -0.2) is 0 Å². The van der Waals surface area contributed by atoms with E-state index in [4.69, 9.17) is 22.1 Å². The predicted molar refractivity (Wildman–Crippen MR) is 81.0 cm³/mol. The second-order valence-corrected chi connectivity index (χ2v) is 4.66. The molecule has 0 atom stereocenters. The van der Waals surface area contributed by atoms with E-state index >= 15 is 0 Å². The van der Waals surface area contributed by atoms with Gasteiger partial charge in [0.1, 0.15) is 5.75 Å². The number of carbonyl (C=O) groups excluding carboxylic acids is 1. The number of hydrogen-bond donors (Lipinski definition) is 2. The maximum absolute atomic E-state index is 11.7. The fourth-order valence-corrected chi connectivity index (χ4v) is 1.75. The summed E-state index contributed by atoms with van der Waals surface area (Å²) in [5.41, 5.74) is 6.98. The summed E-state index contributed by atoms with van der Waals surface area (Å²) in [6, 6.07) is 14.0. The van der Waals surface area contributed by atoms with Crippen LogP contribution in [0.25, 0.3) is 0 Å². The van der Waals surface area contributed by atoms with Gasteiger partial charge in [0.25, 0.3) is 0 Å². The van der Waals surface area contributed by atoms with Crippen molar-refractivity contribution >= 4 is 28.9 Å². The van der Waals surface area contributed by atoms with Crippen LogP contribution >= 0.6 is 11.6 Å². The number of hydrogen-bond acceptors (Lipinski definition) is 3. The molecule has 3 N–H and O–H groups in total. The highest BCUT2D eigenvalue weighted by Crippen LogP contribution is 2.15. The van der Waals surface area contributed by atoms with E-state index in [0.717, 1.165) is 0 Å². The number of nitrogens with one attached hydrogen (secondary N) is 1. The number of anilines is 2. The summed E-state index contributed by atoms with van der Waals surface area (Å²) in [7, 11) is 0. The summed E-state index contributed by atoms with van der Waals surface area (Å²) in [6.07, 6.45) is 0.261. The van der Waals surface area contributed by atoms with Crippen LogP contribution in [0.3, 0.4) is 0 Å². The van der Waals surface area contributed by atoms with Crippen LogP contribution in [0.5, 0.6) is 5.75 Å². The number of amides is 1. The molecule has 104 valence electrons. The fourth-order valence-electron chi connectivity index (χ4n) is 1.62. The monoisotopic (exact) mass is 290 g/mol. The molecule has 2 aromatic rings. The van der Waals surface area contributed by atoms with Crippen molar-refractivity contribution in [2.45, 2.75) is 6.42 Å². The lowest BCUT2D eigenvalue weighted by atomic mass is 10.3. The van der Waals surface area contributed by atoms with Crippen LogP contribution in [-0.4, -0.2) is 12.5 Å². The summed E-state index contributed by atoms with van der Waals surface area (Å²) in [5.74, 6) is 0.542. The normalized spacial score (nSPS) is 10.1. The van der Waals surface area contributed by atoms with Gasteiger partial charge in [0.15, 0.2) is 0 Å². The minimum Gasteiger partial charge on any atom is -0.493 e. The van der Waals surface area contributed by atoms with Gasteiger partial charge in [0.05, 0.1) is 13.0 Å². The van der Waals surface area contributed by atoms with Gasteiger partial charge < -0.3 is 15.8 Å². The maximum atomic E-state index is 11.7. The predicted octanol–water partition coefficient (Wildman–Crippen LogP) is 3.33. The van der Waals surface area contributed by atoms with E-state index in [1.165, 1.54) is 0 Å². The highest BCUT2D eigenvalue weighted by Gasteiger charge is 2.03.